The van der Waals surface area contributed by atoms with E-state index in [4.69, 9.17) is 16.3 Å². The van der Waals surface area contributed by atoms with Crippen LogP contribution in [0.25, 0.3) is 0 Å². The van der Waals surface area contributed by atoms with Gasteiger partial charge in [0.25, 0.3) is 0 Å². The van der Waals surface area contributed by atoms with Gasteiger partial charge in [0.2, 0.25) is 0 Å². The highest BCUT2D eigenvalue weighted by molar-refractivity contribution is 7.12. The van der Waals surface area contributed by atoms with Crippen LogP contribution >= 0.6 is 22.9 Å². The second-order valence-electron chi connectivity index (χ2n) is 3.91. The van der Waals surface area contributed by atoms with E-state index in [1.807, 2.05) is 0 Å². The summed E-state index contributed by atoms with van der Waals surface area (Å²) in [5.74, 6) is 0. The van der Waals surface area contributed by atoms with Gasteiger partial charge in [-0.15, -0.1) is 22.9 Å². The van der Waals surface area contributed by atoms with Crippen molar-refractivity contribution in [2.24, 2.45) is 0 Å². The Balaban J connectivity index is 2.05. The van der Waals surface area contributed by atoms with Gasteiger partial charge < -0.3 is 4.74 Å². The second-order valence-corrected chi connectivity index (χ2v) is 5.70. The molecule has 1 aromatic heterocycles. The first kappa shape index (κ1) is 10.5. The van der Waals surface area contributed by atoms with Crippen LogP contribution in [0.15, 0.2) is 12.1 Å². The monoisotopic (exact) mass is 230 g/mol. The molecule has 0 aromatic carbocycles. The quantitative estimate of drug-likeness (QED) is 0.701. The predicted octanol–water partition coefficient (Wildman–Crippen LogP) is 3.90. The number of ether oxygens (including phenoxy) is 1. The molecule has 0 saturated carbocycles. The fourth-order valence-electron chi connectivity index (χ4n) is 1.83. The van der Waals surface area contributed by atoms with Crippen LogP contribution in [0.3, 0.4) is 0 Å². The topological polar surface area (TPSA) is 9.23 Å². The molecule has 2 rings (SSSR count). The van der Waals surface area contributed by atoms with E-state index in [2.05, 4.69) is 26.0 Å². The first-order valence-corrected chi connectivity index (χ1v) is 6.28. The molecule has 1 nitrogen and oxygen atoms in total. The number of hydrogen-bond acceptors (Lipinski definition) is 2. The van der Waals surface area contributed by atoms with E-state index >= 15 is 0 Å². The number of alkyl halides is 1. The molecule has 3 unspecified atom stereocenters. The number of thiophene rings is 1. The van der Waals surface area contributed by atoms with E-state index in [1.54, 1.807) is 11.3 Å². The molecule has 14 heavy (non-hydrogen) atoms. The molecule has 1 aromatic rings. The third-order valence-corrected chi connectivity index (χ3v) is 4.35. The molecular weight excluding hydrogens is 216 g/mol. The van der Waals surface area contributed by atoms with Gasteiger partial charge >= 0.3 is 0 Å². The van der Waals surface area contributed by atoms with E-state index < -0.39 is 0 Å². The molecule has 3 heteroatoms. The summed E-state index contributed by atoms with van der Waals surface area (Å²) in [5, 5.41) is 0.0404. The second kappa shape index (κ2) is 4.21. The van der Waals surface area contributed by atoms with Gasteiger partial charge in [0.1, 0.15) is 0 Å². The lowest BCUT2D eigenvalue weighted by Crippen LogP contribution is -2.13. The summed E-state index contributed by atoms with van der Waals surface area (Å²) in [7, 11) is 0. The Bertz CT molecular complexity index is 310. The van der Waals surface area contributed by atoms with Gasteiger partial charge in [0, 0.05) is 9.75 Å². The largest absolute Gasteiger partial charge is 0.373 e. The van der Waals surface area contributed by atoms with Crippen LogP contribution in [-0.4, -0.2) is 12.2 Å². The van der Waals surface area contributed by atoms with Crippen LogP contribution in [0.5, 0.6) is 0 Å². The van der Waals surface area contributed by atoms with Crippen LogP contribution in [0.1, 0.15) is 34.9 Å². The van der Waals surface area contributed by atoms with Crippen LogP contribution in [0.2, 0.25) is 0 Å². The molecule has 3 atom stereocenters. The maximum Gasteiger partial charge on any atom is 0.0939 e. The fraction of sp³-hybridized carbons (Fsp3) is 0.636. The highest BCUT2D eigenvalue weighted by atomic mass is 35.5. The van der Waals surface area contributed by atoms with Crippen molar-refractivity contribution >= 4 is 22.9 Å². The van der Waals surface area contributed by atoms with Gasteiger partial charge in [-0.1, -0.05) is 0 Å². The maximum atomic E-state index is 6.38. The summed E-state index contributed by atoms with van der Waals surface area (Å²) in [4.78, 5) is 2.56. The van der Waals surface area contributed by atoms with E-state index in [9.17, 15) is 0 Å². The van der Waals surface area contributed by atoms with Gasteiger partial charge in [-0.2, -0.15) is 0 Å². The first-order chi connectivity index (χ1) is 6.66. The zero-order valence-corrected chi connectivity index (χ0v) is 10.1. The molecule has 0 amide bonds. The highest BCUT2D eigenvalue weighted by Crippen LogP contribution is 2.37. The molecule has 2 heterocycles. The lowest BCUT2D eigenvalue weighted by atomic mass is 10.1. The summed E-state index contributed by atoms with van der Waals surface area (Å²) in [6.07, 6.45) is 2.82. The molecule has 0 bridgehead atoms. The Morgan fingerprint density at radius 3 is 2.79 bits per heavy atom. The van der Waals surface area contributed by atoms with Crippen molar-refractivity contribution in [2.45, 2.75) is 44.3 Å². The Morgan fingerprint density at radius 2 is 2.29 bits per heavy atom. The standard InChI is InChI=1S/C11H15ClOS/c1-7-3-5-9(13-7)11(12)10-6-4-8(2)14-10/h4,6-7,9,11H,3,5H2,1-2H3. The van der Waals surface area contributed by atoms with Crippen molar-refractivity contribution in [3.63, 3.8) is 0 Å². The van der Waals surface area contributed by atoms with E-state index in [-0.39, 0.29) is 11.5 Å². The molecule has 0 N–H and O–H groups in total. The van der Waals surface area contributed by atoms with Gasteiger partial charge in [-0.25, -0.2) is 0 Å². The summed E-state index contributed by atoms with van der Waals surface area (Å²) in [6.45, 7) is 4.22. The third kappa shape index (κ3) is 2.13. The molecule has 1 fully saturated rings. The Hall–Kier alpha value is -0.0500. The van der Waals surface area contributed by atoms with Crippen LogP contribution in [0.4, 0.5) is 0 Å². The third-order valence-electron chi connectivity index (χ3n) is 2.62. The number of rotatable bonds is 2. The number of halogens is 1. The van der Waals surface area contributed by atoms with Crippen molar-refractivity contribution in [1.29, 1.82) is 0 Å². The molecule has 78 valence electrons. The van der Waals surface area contributed by atoms with E-state index in [1.165, 1.54) is 9.75 Å². The zero-order chi connectivity index (χ0) is 10.1. The molecule has 0 spiro atoms. The van der Waals surface area contributed by atoms with Crippen molar-refractivity contribution in [1.82, 2.24) is 0 Å². The first-order valence-electron chi connectivity index (χ1n) is 5.02. The lowest BCUT2D eigenvalue weighted by Gasteiger charge is -2.15. The Morgan fingerprint density at radius 1 is 1.50 bits per heavy atom. The SMILES string of the molecule is Cc1ccc(C(Cl)C2CCC(C)O2)s1. The van der Waals surface area contributed by atoms with E-state index in [0.717, 1.165) is 12.8 Å². The summed E-state index contributed by atoms with van der Waals surface area (Å²) < 4.78 is 5.76. The minimum Gasteiger partial charge on any atom is -0.373 e. The smallest absolute Gasteiger partial charge is 0.0939 e. The van der Waals surface area contributed by atoms with Crippen LogP contribution in [-0.2, 0) is 4.74 Å². The predicted molar refractivity (Wildman–Crippen MR) is 61.2 cm³/mol. The van der Waals surface area contributed by atoms with E-state index in [0.29, 0.717) is 6.10 Å². The average Bonchev–Trinajstić information content (AvgIpc) is 2.73. The maximum absolute atomic E-state index is 6.38. The van der Waals surface area contributed by atoms with Gasteiger partial charge in [0.05, 0.1) is 17.6 Å². The molecule has 1 aliphatic rings. The van der Waals surface area contributed by atoms with Crippen molar-refractivity contribution < 1.29 is 4.74 Å². The molecular formula is C11H15ClOS. The minimum absolute atomic E-state index is 0.0404. The summed E-state index contributed by atoms with van der Waals surface area (Å²) >= 11 is 8.15. The van der Waals surface area contributed by atoms with Gasteiger partial charge in [-0.05, 0) is 38.8 Å². The van der Waals surface area contributed by atoms with Crippen LogP contribution < -0.4 is 0 Å². The summed E-state index contributed by atoms with van der Waals surface area (Å²) in [5.41, 5.74) is 0. The Labute approximate surface area is 94.0 Å². The Kier molecular flexibility index (Phi) is 3.15. The lowest BCUT2D eigenvalue weighted by molar-refractivity contribution is 0.0538. The fourth-order valence-corrected chi connectivity index (χ4v) is 3.13. The normalized spacial score (nSPS) is 29.4. The van der Waals surface area contributed by atoms with Gasteiger partial charge in [0.15, 0.2) is 0 Å². The molecule has 0 aliphatic carbocycles. The van der Waals surface area contributed by atoms with Crippen LogP contribution in [0, 0.1) is 6.92 Å². The zero-order valence-electron chi connectivity index (χ0n) is 8.50. The molecule has 0 radical (unpaired) electrons. The minimum atomic E-state index is 0.0404. The number of hydrogen-bond donors (Lipinski definition) is 0. The van der Waals surface area contributed by atoms with Gasteiger partial charge in [-0.3, -0.25) is 0 Å². The molecule has 1 aliphatic heterocycles. The van der Waals surface area contributed by atoms with Crippen molar-refractivity contribution in [2.75, 3.05) is 0 Å². The summed E-state index contributed by atoms with van der Waals surface area (Å²) in [6, 6.07) is 4.23. The number of aryl methyl sites for hydroxylation is 1. The van der Waals surface area contributed by atoms with Crippen molar-refractivity contribution in [3.05, 3.63) is 21.9 Å². The van der Waals surface area contributed by atoms with Crippen molar-refractivity contribution in [3.8, 4) is 0 Å². The highest BCUT2D eigenvalue weighted by Gasteiger charge is 2.29. The molecule has 1 saturated heterocycles. The average molecular weight is 231 g/mol.